The molecular weight excluding hydrogens is 417 g/mol. The summed E-state index contributed by atoms with van der Waals surface area (Å²) in [5.41, 5.74) is 2.35. The third kappa shape index (κ3) is 6.84. The van der Waals surface area contributed by atoms with Gasteiger partial charge in [-0.15, -0.1) is 24.0 Å². The molecule has 0 amide bonds. The number of methoxy groups -OCH3 is 1. The lowest BCUT2D eigenvalue weighted by atomic mass is 10.1. The predicted octanol–water partition coefficient (Wildman–Crippen LogP) is 3.06. The summed E-state index contributed by atoms with van der Waals surface area (Å²) in [4.78, 5) is 6.44. The monoisotopic (exact) mass is 447 g/mol. The molecule has 0 heterocycles. The molecule has 24 heavy (non-hydrogen) atoms. The fourth-order valence-corrected chi connectivity index (χ4v) is 2.46. The number of nitrogens with zero attached hydrogens (tertiary/aromatic N) is 2. The number of guanidine groups is 1. The molecule has 0 spiro atoms. The molecule has 6 heteroatoms. The second-order valence-electron chi connectivity index (χ2n) is 6.14. The molecule has 0 atom stereocenters. The van der Waals surface area contributed by atoms with Gasteiger partial charge in [-0.05, 0) is 42.9 Å². The van der Waals surface area contributed by atoms with Crippen LogP contribution < -0.4 is 10.1 Å². The molecule has 0 bridgehead atoms. The third-order valence-electron chi connectivity index (χ3n) is 4.10. The van der Waals surface area contributed by atoms with Crippen molar-refractivity contribution in [2.45, 2.75) is 26.3 Å². The maximum absolute atomic E-state index is 5.69. The van der Waals surface area contributed by atoms with Crippen molar-refractivity contribution in [3.05, 3.63) is 29.3 Å². The van der Waals surface area contributed by atoms with Gasteiger partial charge in [-0.2, -0.15) is 0 Å². The first-order chi connectivity index (χ1) is 11.1. The minimum Gasteiger partial charge on any atom is -0.496 e. The zero-order valence-electron chi connectivity index (χ0n) is 15.2. The average molecular weight is 447 g/mol. The van der Waals surface area contributed by atoms with Gasteiger partial charge in [0.1, 0.15) is 5.75 Å². The number of likely N-dealkylation sites (N-methyl/N-ethyl adjacent to an activating group) is 1. The van der Waals surface area contributed by atoms with Gasteiger partial charge in [0, 0.05) is 33.8 Å². The zero-order valence-corrected chi connectivity index (χ0v) is 17.5. The first-order valence-corrected chi connectivity index (χ1v) is 8.27. The quantitative estimate of drug-likeness (QED) is 0.288. The molecule has 1 aliphatic carbocycles. The van der Waals surface area contributed by atoms with E-state index < -0.39 is 0 Å². The van der Waals surface area contributed by atoms with Gasteiger partial charge in [0.25, 0.3) is 0 Å². The van der Waals surface area contributed by atoms with E-state index in [1.54, 1.807) is 7.11 Å². The number of benzene rings is 1. The molecule has 0 aliphatic heterocycles. The van der Waals surface area contributed by atoms with E-state index in [1.807, 2.05) is 20.2 Å². The molecule has 0 aromatic heterocycles. The Kier molecular flexibility index (Phi) is 9.43. The number of aliphatic imine (C=N–C) groups is 1. The maximum Gasteiger partial charge on any atom is 0.193 e. The van der Waals surface area contributed by atoms with Crippen LogP contribution in [0.2, 0.25) is 0 Å². The van der Waals surface area contributed by atoms with Crippen molar-refractivity contribution < 1.29 is 9.47 Å². The second-order valence-corrected chi connectivity index (χ2v) is 6.14. The standard InChI is InChI=1S/C18H29N3O2.HI/c1-14-11-16(7-8-17(14)22-4)12-20-18(19-2)21(3)9-10-23-13-15-5-6-15;/h7-8,11,15H,5-6,9-10,12-13H2,1-4H3,(H,19,20);1H. The number of hydrogen-bond acceptors (Lipinski definition) is 3. The first kappa shape index (κ1) is 21.0. The summed E-state index contributed by atoms with van der Waals surface area (Å²) in [6.07, 6.45) is 2.67. The van der Waals surface area contributed by atoms with Crippen LogP contribution in [-0.2, 0) is 11.3 Å². The largest absolute Gasteiger partial charge is 0.496 e. The Hall–Kier alpha value is -1.02. The Labute approximate surface area is 162 Å². The molecule has 0 radical (unpaired) electrons. The van der Waals surface area contributed by atoms with Crippen molar-refractivity contribution in [1.29, 1.82) is 0 Å². The minimum absolute atomic E-state index is 0. The molecule has 1 aromatic rings. The molecule has 136 valence electrons. The molecule has 2 rings (SSSR count). The summed E-state index contributed by atoms with van der Waals surface area (Å²) < 4.78 is 11.0. The number of nitrogens with one attached hydrogen (secondary N) is 1. The molecule has 1 N–H and O–H groups in total. The van der Waals surface area contributed by atoms with Crippen LogP contribution in [0.3, 0.4) is 0 Å². The van der Waals surface area contributed by atoms with Crippen molar-refractivity contribution >= 4 is 29.9 Å². The first-order valence-electron chi connectivity index (χ1n) is 8.27. The van der Waals surface area contributed by atoms with Crippen LogP contribution in [0.4, 0.5) is 0 Å². The Balaban J connectivity index is 0.00000288. The van der Waals surface area contributed by atoms with Crippen LogP contribution in [0.15, 0.2) is 23.2 Å². The van der Waals surface area contributed by atoms with Crippen molar-refractivity contribution in [3.8, 4) is 5.75 Å². The average Bonchev–Trinajstić information content (AvgIpc) is 3.36. The van der Waals surface area contributed by atoms with E-state index in [4.69, 9.17) is 9.47 Å². The number of aryl methyl sites for hydroxylation is 1. The lowest BCUT2D eigenvalue weighted by Crippen LogP contribution is -2.40. The summed E-state index contributed by atoms with van der Waals surface area (Å²) >= 11 is 0. The van der Waals surface area contributed by atoms with Crippen molar-refractivity contribution in [3.63, 3.8) is 0 Å². The van der Waals surface area contributed by atoms with E-state index >= 15 is 0 Å². The Morgan fingerprint density at radius 3 is 2.71 bits per heavy atom. The second kappa shape index (κ2) is 10.8. The van der Waals surface area contributed by atoms with E-state index in [0.717, 1.165) is 49.5 Å². The van der Waals surface area contributed by atoms with Crippen molar-refractivity contribution in [1.82, 2.24) is 10.2 Å². The SMILES string of the molecule is CN=C(NCc1ccc(OC)c(C)c1)N(C)CCOCC1CC1.I. The Bertz CT molecular complexity index is 533. The zero-order chi connectivity index (χ0) is 16.7. The molecule has 1 aliphatic rings. The highest BCUT2D eigenvalue weighted by Crippen LogP contribution is 2.28. The van der Waals surface area contributed by atoms with Crippen LogP contribution >= 0.6 is 24.0 Å². The van der Waals surface area contributed by atoms with Gasteiger partial charge < -0.3 is 19.7 Å². The van der Waals surface area contributed by atoms with Gasteiger partial charge >= 0.3 is 0 Å². The van der Waals surface area contributed by atoms with Gasteiger partial charge in [0.05, 0.1) is 13.7 Å². The summed E-state index contributed by atoms with van der Waals surface area (Å²) in [5.74, 6) is 2.62. The Morgan fingerprint density at radius 1 is 1.38 bits per heavy atom. The number of hydrogen-bond donors (Lipinski definition) is 1. The minimum atomic E-state index is 0. The van der Waals surface area contributed by atoms with Crippen LogP contribution in [0.5, 0.6) is 5.75 Å². The molecule has 0 saturated heterocycles. The van der Waals surface area contributed by atoms with Gasteiger partial charge in [-0.25, -0.2) is 0 Å². The van der Waals surface area contributed by atoms with E-state index in [-0.39, 0.29) is 24.0 Å². The fourth-order valence-electron chi connectivity index (χ4n) is 2.46. The van der Waals surface area contributed by atoms with Crippen molar-refractivity contribution in [2.75, 3.05) is 41.0 Å². The highest BCUT2D eigenvalue weighted by atomic mass is 127. The number of rotatable bonds is 8. The normalized spacial score (nSPS) is 14.1. The van der Waals surface area contributed by atoms with E-state index in [1.165, 1.54) is 18.4 Å². The van der Waals surface area contributed by atoms with Gasteiger partial charge in [0.15, 0.2) is 5.96 Å². The highest BCUT2D eigenvalue weighted by molar-refractivity contribution is 14.0. The lowest BCUT2D eigenvalue weighted by Gasteiger charge is -2.22. The summed E-state index contributed by atoms with van der Waals surface area (Å²) in [7, 11) is 5.54. The highest BCUT2D eigenvalue weighted by Gasteiger charge is 2.21. The van der Waals surface area contributed by atoms with Crippen LogP contribution in [0, 0.1) is 12.8 Å². The van der Waals surface area contributed by atoms with Crippen LogP contribution in [0.25, 0.3) is 0 Å². The lowest BCUT2D eigenvalue weighted by molar-refractivity contribution is 0.115. The number of ether oxygens (including phenoxy) is 2. The van der Waals surface area contributed by atoms with E-state index in [2.05, 4.69) is 34.3 Å². The summed E-state index contributed by atoms with van der Waals surface area (Å²) in [5, 5.41) is 3.39. The maximum atomic E-state index is 5.69. The van der Waals surface area contributed by atoms with Gasteiger partial charge in [0.2, 0.25) is 0 Å². The smallest absolute Gasteiger partial charge is 0.193 e. The van der Waals surface area contributed by atoms with Crippen LogP contribution in [0.1, 0.15) is 24.0 Å². The molecule has 1 fully saturated rings. The predicted molar refractivity (Wildman–Crippen MR) is 110 cm³/mol. The van der Waals surface area contributed by atoms with Crippen LogP contribution in [-0.4, -0.2) is 51.8 Å². The Morgan fingerprint density at radius 2 is 2.12 bits per heavy atom. The van der Waals surface area contributed by atoms with Crippen molar-refractivity contribution in [2.24, 2.45) is 10.9 Å². The van der Waals surface area contributed by atoms with E-state index in [9.17, 15) is 0 Å². The molecule has 1 saturated carbocycles. The number of halogens is 1. The fraction of sp³-hybridized carbons (Fsp3) is 0.611. The summed E-state index contributed by atoms with van der Waals surface area (Å²) in [6, 6.07) is 6.22. The third-order valence-corrected chi connectivity index (χ3v) is 4.10. The van der Waals surface area contributed by atoms with Gasteiger partial charge in [-0.1, -0.05) is 12.1 Å². The molecule has 5 nitrogen and oxygen atoms in total. The van der Waals surface area contributed by atoms with E-state index in [0.29, 0.717) is 0 Å². The molecular formula is C18H30IN3O2. The summed E-state index contributed by atoms with van der Waals surface area (Å²) in [6.45, 7) is 5.29. The molecule has 0 unspecified atom stereocenters. The topological polar surface area (TPSA) is 46.1 Å². The van der Waals surface area contributed by atoms with Gasteiger partial charge in [-0.3, -0.25) is 4.99 Å². The molecule has 1 aromatic carbocycles.